The standard InChI is InChI=1S/C13H25N3O/c1-5-16-12(4)13(11(3)15-16)9-14-10(2)7-6-8-17/h10,14,17H,5-9H2,1-4H3. The van der Waals surface area contributed by atoms with Crippen LogP contribution >= 0.6 is 0 Å². The predicted molar refractivity (Wildman–Crippen MR) is 70.0 cm³/mol. The molecule has 1 rings (SSSR count). The molecule has 1 aromatic rings. The molecule has 0 saturated heterocycles. The molecule has 17 heavy (non-hydrogen) atoms. The van der Waals surface area contributed by atoms with E-state index in [1.807, 2.05) is 4.68 Å². The Morgan fingerprint density at radius 1 is 1.41 bits per heavy atom. The Balaban J connectivity index is 2.54. The largest absolute Gasteiger partial charge is 0.396 e. The van der Waals surface area contributed by atoms with Crippen molar-refractivity contribution in [3.8, 4) is 0 Å². The minimum atomic E-state index is 0.276. The average Bonchev–Trinajstić information content (AvgIpc) is 2.59. The Labute approximate surface area is 104 Å². The number of rotatable bonds is 7. The highest BCUT2D eigenvalue weighted by atomic mass is 16.2. The molecule has 1 heterocycles. The van der Waals surface area contributed by atoms with E-state index in [4.69, 9.17) is 5.11 Å². The Morgan fingerprint density at radius 3 is 2.65 bits per heavy atom. The number of nitrogens with one attached hydrogen (secondary N) is 1. The van der Waals surface area contributed by atoms with E-state index in [2.05, 4.69) is 38.1 Å². The number of nitrogens with zero attached hydrogens (tertiary/aromatic N) is 2. The van der Waals surface area contributed by atoms with Crippen molar-refractivity contribution in [3.05, 3.63) is 17.0 Å². The van der Waals surface area contributed by atoms with Gasteiger partial charge in [0.2, 0.25) is 0 Å². The number of hydrogen-bond acceptors (Lipinski definition) is 3. The van der Waals surface area contributed by atoms with Gasteiger partial charge in [-0.25, -0.2) is 0 Å². The number of aromatic nitrogens is 2. The van der Waals surface area contributed by atoms with Crippen molar-refractivity contribution in [1.29, 1.82) is 0 Å². The van der Waals surface area contributed by atoms with Gasteiger partial charge in [-0.1, -0.05) is 0 Å². The molecule has 1 unspecified atom stereocenters. The molecule has 0 amide bonds. The summed E-state index contributed by atoms with van der Waals surface area (Å²) in [5.41, 5.74) is 3.68. The van der Waals surface area contributed by atoms with Gasteiger partial charge in [0.1, 0.15) is 0 Å². The van der Waals surface area contributed by atoms with Gasteiger partial charge in [-0.3, -0.25) is 4.68 Å². The summed E-state index contributed by atoms with van der Waals surface area (Å²) in [4.78, 5) is 0. The van der Waals surface area contributed by atoms with E-state index in [0.29, 0.717) is 6.04 Å². The summed E-state index contributed by atoms with van der Waals surface area (Å²) in [6, 6.07) is 0.436. The molecule has 0 aliphatic rings. The number of aliphatic hydroxyl groups excluding tert-OH is 1. The smallest absolute Gasteiger partial charge is 0.0641 e. The van der Waals surface area contributed by atoms with Crippen molar-refractivity contribution in [2.45, 2.75) is 59.7 Å². The summed E-state index contributed by atoms with van der Waals surface area (Å²) < 4.78 is 2.05. The molecule has 0 radical (unpaired) electrons. The zero-order chi connectivity index (χ0) is 12.8. The molecule has 0 spiro atoms. The summed E-state index contributed by atoms with van der Waals surface area (Å²) in [6.07, 6.45) is 1.87. The minimum Gasteiger partial charge on any atom is -0.396 e. The van der Waals surface area contributed by atoms with Crippen LogP contribution in [0.15, 0.2) is 0 Å². The van der Waals surface area contributed by atoms with Crippen LogP contribution in [0.2, 0.25) is 0 Å². The summed E-state index contributed by atoms with van der Waals surface area (Å²) in [7, 11) is 0. The highest BCUT2D eigenvalue weighted by molar-refractivity contribution is 5.24. The fourth-order valence-electron chi connectivity index (χ4n) is 2.07. The SMILES string of the molecule is CCn1nc(C)c(CNC(C)CCCO)c1C. The molecule has 4 nitrogen and oxygen atoms in total. The Kier molecular flexibility index (Phi) is 5.65. The lowest BCUT2D eigenvalue weighted by Gasteiger charge is -2.13. The van der Waals surface area contributed by atoms with E-state index in [1.54, 1.807) is 0 Å². The highest BCUT2D eigenvalue weighted by Gasteiger charge is 2.11. The zero-order valence-corrected chi connectivity index (χ0v) is 11.5. The molecule has 0 bridgehead atoms. The fraction of sp³-hybridized carbons (Fsp3) is 0.769. The van der Waals surface area contributed by atoms with Crippen molar-refractivity contribution >= 4 is 0 Å². The lowest BCUT2D eigenvalue weighted by Crippen LogP contribution is -2.26. The van der Waals surface area contributed by atoms with Crippen LogP contribution in [0.1, 0.15) is 43.6 Å². The first-order valence-electron chi connectivity index (χ1n) is 6.47. The number of aryl methyl sites for hydroxylation is 2. The first-order chi connectivity index (χ1) is 8.10. The van der Waals surface area contributed by atoms with Crippen molar-refractivity contribution in [2.75, 3.05) is 6.61 Å². The van der Waals surface area contributed by atoms with Crippen LogP contribution in [-0.2, 0) is 13.1 Å². The molecule has 0 saturated carbocycles. The third-order valence-corrected chi connectivity index (χ3v) is 3.25. The zero-order valence-electron chi connectivity index (χ0n) is 11.5. The minimum absolute atomic E-state index is 0.276. The second-order valence-corrected chi connectivity index (χ2v) is 4.61. The molecule has 2 N–H and O–H groups in total. The topological polar surface area (TPSA) is 50.1 Å². The van der Waals surface area contributed by atoms with E-state index < -0.39 is 0 Å². The summed E-state index contributed by atoms with van der Waals surface area (Å²) in [6.45, 7) is 10.5. The number of aliphatic hydroxyl groups is 1. The molecule has 0 aromatic carbocycles. The Morgan fingerprint density at radius 2 is 2.12 bits per heavy atom. The molecule has 1 aromatic heterocycles. The summed E-state index contributed by atoms with van der Waals surface area (Å²) >= 11 is 0. The molecule has 0 aliphatic carbocycles. The monoisotopic (exact) mass is 239 g/mol. The van der Waals surface area contributed by atoms with Gasteiger partial charge in [-0.2, -0.15) is 5.10 Å². The van der Waals surface area contributed by atoms with Crippen LogP contribution in [0.4, 0.5) is 0 Å². The van der Waals surface area contributed by atoms with E-state index in [1.165, 1.54) is 11.3 Å². The lowest BCUT2D eigenvalue weighted by atomic mass is 10.1. The van der Waals surface area contributed by atoms with E-state index in [-0.39, 0.29) is 6.61 Å². The van der Waals surface area contributed by atoms with Crippen LogP contribution < -0.4 is 5.32 Å². The first-order valence-corrected chi connectivity index (χ1v) is 6.47. The van der Waals surface area contributed by atoms with Gasteiger partial charge in [-0.15, -0.1) is 0 Å². The van der Waals surface area contributed by atoms with Gasteiger partial charge in [-0.05, 0) is 40.5 Å². The quantitative estimate of drug-likeness (QED) is 0.762. The molecular weight excluding hydrogens is 214 g/mol. The maximum absolute atomic E-state index is 8.78. The van der Waals surface area contributed by atoms with E-state index in [9.17, 15) is 0 Å². The van der Waals surface area contributed by atoms with E-state index in [0.717, 1.165) is 31.6 Å². The van der Waals surface area contributed by atoms with Crippen molar-refractivity contribution < 1.29 is 5.11 Å². The second kappa shape index (κ2) is 6.77. The molecule has 98 valence electrons. The van der Waals surface area contributed by atoms with E-state index >= 15 is 0 Å². The third kappa shape index (κ3) is 3.82. The van der Waals surface area contributed by atoms with Gasteiger partial charge in [0, 0.05) is 37.0 Å². The van der Waals surface area contributed by atoms with Crippen molar-refractivity contribution in [3.63, 3.8) is 0 Å². The Bertz CT molecular complexity index is 347. The van der Waals surface area contributed by atoms with Crippen LogP contribution in [0.25, 0.3) is 0 Å². The van der Waals surface area contributed by atoms with Crippen LogP contribution in [-0.4, -0.2) is 27.5 Å². The van der Waals surface area contributed by atoms with Gasteiger partial charge in [0.05, 0.1) is 5.69 Å². The highest BCUT2D eigenvalue weighted by Crippen LogP contribution is 2.13. The Hall–Kier alpha value is -0.870. The van der Waals surface area contributed by atoms with Crippen molar-refractivity contribution in [2.24, 2.45) is 0 Å². The maximum Gasteiger partial charge on any atom is 0.0641 e. The maximum atomic E-state index is 8.78. The number of hydrogen-bond donors (Lipinski definition) is 2. The lowest BCUT2D eigenvalue weighted by molar-refractivity contribution is 0.276. The van der Waals surface area contributed by atoms with Crippen LogP contribution in [0.5, 0.6) is 0 Å². The van der Waals surface area contributed by atoms with Crippen LogP contribution in [0.3, 0.4) is 0 Å². The average molecular weight is 239 g/mol. The van der Waals surface area contributed by atoms with Crippen molar-refractivity contribution in [1.82, 2.24) is 15.1 Å². The fourth-order valence-corrected chi connectivity index (χ4v) is 2.07. The van der Waals surface area contributed by atoms with Gasteiger partial charge in [0.15, 0.2) is 0 Å². The van der Waals surface area contributed by atoms with Gasteiger partial charge in [0.25, 0.3) is 0 Å². The normalized spacial score (nSPS) is 13.0. The summed E-state index contributed by atoms with van der Waals surface area (Å²) in [5.74, 6) is 0. The predicted octanol–water partition coefficient (Wildman–Crippen LogP) is 1.77. The third-order valence-electron chi connectivity index (χ3n) is 3.25. The second-order valence-electron chi connectivity index (χ2n) is 4.61. The molecular formula is C13H25N3O. The molecule has 0 aliphatic heterocycles. The first kappa shape index (κ1) is 14.2. The van der Waals surface area contributed by atoms with Gasteiger partial charge >= 0.3 is 0 Å². The molecule has 4 heteroatoms. The molecule has 0 fully saturated rings. The molecule has 1 atom stereocenters. The summed E-state index contributed by atoms with van der Waals surface area (Å²) in [5, 5.41) is 16.8. The van der Waals surface area contributed by atoms with Crippen LogP contribution in [0, 0.1) is 13.8 Å². The van der Waals surface area contributed by atoms with Gasteiger partial charge < -0.3 is 10.4 Å².